The molecule has 21 heavy (non-hydrogen) atoms. The lowest BCUT2D eigenvalue weighted by atomic mass is 10.2. The van der Waals surface area contributed by atoms with Crippen molar-refractivity contribution in [1.29, 1.82) is 0 Å². The number of nitrogens with one attached hydrogen (secondary N) is 1. The Bertz CT molecular complexity index is 643. The molecule has 0 fully saturated rings. The molecule has 1 heterocycles. The van der Waals surface area contributed by atoms with Crippen LogP contribution in [0, 0.1) is 0 Å². The fourth-order valence-electron chi connectivity index (χ4n) is 1.68. The van der Waals surface area contributed by atoms with Crippen LogP contribution in [0.1, 0.15) is 6.92 Å². The molecule has 7 heteroatoms. The van der Waals surface area contributed by atoms with E-state index >= 15 is 0 Å². The minimum Gasteiger partial charge on any atom is -0.359 e. The number of nitrogens with zero attached hydrogens (tertiary/aromatic N) is 1. The molecule has 1 atom stereocenters. The highest BCUT2D eigenvalue weighted by Crippen LogP contribution is 2.18. The molecule has 0 aliphatic carbocycles. The third-order valence-electron chi connectivity index (χ3n) is 2.72. The van der Waals surface area contributed by atoms with Gasteiger partial charge in [-0.15, -0.1) is 0 Å². The second-order valence-electron chi connectivity index (χ2n) is 4.47. The Kier molecular flexibility index (Phi) is 4.42. The van der Waals surface area contributed by atoms with Crippen LogP contribution < -0.4 is 5.32 Å². The number of alkyl halides is 3. The number of rotatable bonds is 4. The van der Waals surface area contributed by atoms with Crippen molar-refractivity contribution in [1.82, 2.24) is 4.98 Å². The van der Waals surface area contributed by atoms with Gasteiger partial charge in [0.05, 0.1) is 17.4 Å². The van der Waals surface area contributed by atoms with Crippen molar-refractivity contribution >= 4 is 22.5 Å². The van der Waals surface area contributed by atoms with E-state index < -0.39 is 24.8 Å². The molecule has 0 radical (unpaired) electrons. The Hall–Kier alpha value is -2.15. The number of fused-ring (bicyclic) bond motifs is 1. The Morgan fingerprint density at radius 2 is 2.10 bits per heavy atom. The zero-order chi connectivity index (χ0) is 15.5. The third-order valence-corrected chi connectivity index (χ3v) is 2.72. The van der Waals surface area contributed by atoms with Crippen LogP contribution in [0.15, 0.2) is 36.5 Å². The predicted molar refractivity (Wildman–Crippen MR) is 71.8 cm³/mol. The summed E-state index contributed by atoms with van der Waals surface area (Å²) in [5.74, 6) is -0.656. The van der Waals surface area contributed by atoms with Crippen LogP contribution in [-0.4, -0.2) is 29.8 Å². The zero-order valence-corrected chi connectivity index (χ0v) is 11.1. The second-order valence-corrected chi connectivity index (χ2v) is 4.47. The lowest BCUT2D eigenvalue weighted by molar-refractivity contribution is -0.184. The summed E-state index contributed by atoms with van der Waals surface area (Å²) in [6.07, 6.45) is -4.23. The van der Waals surface area contributed by atoms with Crippen LogP contribution in [0.5, 0.6) is 0 Å². The molecule has 1 amide bonds. The number of benzene rings is 1. The number of ether oxygens (including phenoxy) is 1. The number of carbonyl (C=O) groups excluding carboxylic acids is 1. The summed E-state index contributed by atoms with van der Waals surface area (Å²) >= 11 is 0. The topological polar surface area (TPSA) is 51.2 Å². The van der Waals surface area contributed by atoms with Crippen LogP contribution in [0.25, 0.3) is 10.9 Å². The Morgan fingerprint density at radius 1 is 1.38 bits per heavy atom. The van der Waals surface area contributed by atoms with E-state index in [9.17, 15) is 18.0 Å². The molecule has 0 aliphatic rings. The van der Waals surface area contributed by atoms with Gasteiger partial charge in [-0.25, -0.2) is 0 Å². The molecule has 2 rings (SSSR count). The van der Waals surface area contributed by atoms with Gasteiger partial charge in [-0.05, 0) is 19.1 Å². The van der Waals surface area contributed by atoms with Gasteiger partial charge in [-0.3, -0.25) is 9.78 Å². The van der Waals surface area contributed by atoms with E-state index in [0.717, 1.165) is 10.9 Å². The molecule has 0 aliphatic heterocycles. The summed E-state index contributed by atoms with van der Waals surface area (Å²) in [5, 5.41) is 3.29. The Labute approximate surface area is 118 Å². The molecule has 1 aromatic heterocycles. The SMILES string of the molecule is CC(OCC(F)(F)F)C(=O)Nc1cnc2ccccc2c1. The maximum Gasteiger partial charge on any atom is 0.411 e. The van der Waals surface area contributed by atoms with Crippen molar-refractivity contribution in [3.8, 4) is 0 Å². The number of aromatic nitrogens is 1. The van der Waals surface area contributed by atoms with Gasteiger partial charge in [0.2, 0.25) is 0 Å². The molecular formula is C14H13F3N2O2. The van der Waals surface area contributed by atoms with Gasteiger partial charge < -0.3 is 10.1 Å². The van der Waals surface area contributed by atoms with Gasteiger partial charge in [-0.2, -0.15) is 13.2 Å². The summed E-state index contributed by atoms with van der Waals surface area (Å²) in [7, 11) is 0. The number of anilines is 1. The van der Waals surface area contributed by atoms with E-state index in [2.05, 4.69) is 15.0 Å². The highest BCUT2D eigenvalue weighted by atomic mass is 19.4. The van der Waals surface area contributed by atoms with E-state index in [1.165, 1.54) is 13.1 Å². The highest BCUT2D eigenvalue weighted by Gasteiger charge is 2.29. The van der Waals surface area contributed by atoms with Crippen molar-refractivity contribution in [2.45, 2.75) is 19.2 Å². The van der Waals surface area contributed by atoms with E-state index in [1.807, 2.05) is 24.3 Å². The second kappa shape index (κ2) is 6.09. The fourth-order valence-corrected chi connectivity index (χ4v) is 1.68. The maximum atomic E-state index is 12.0. The van der Waals surface area contributed by atoms with Crippen molar-refractivity contribution in [2.75, 3.05) is 11.9 Å². The summed E-state index contributed by atoms with van der Waals surface area (Å²) < 4.78 is 40.5. The molecule has 1 N–H and O–H groups in total. The van der Waals surface area contributed by atoms with Crippen LogP contribution in [-0.2, 0) is 9.53 Å². The first kappa shape index (κ1) is 15.2. The number of hydrogen-bond donors (Lipinski definition) is 1. The van der Waals surface area contributed by atoms with Gasteiger partial charge in [0, 0.05) is 5.39 Å². The molecule has 0 bridgehead atoms. The lowest BCUT2D eigenvalue weighted by Crippen LogP contribution is -2.31. The molecule has 2 aromatic rings. The van der Waals surface area contributed by atoms with Gasteiger partial charge >= 0.3 is 6.18 Å². The number of carbonyl (C=O) groups is 1. The van der Waals surface area contributed by atoms with Crippen LogP contribution >= 0.6 is 0 Å². The monoisotopic (exact) mass is 298 g/mol. The van der Waals surface area contributed by atoms with Gasteiger partial charge in [0.25, 0.3) is 5.91 Å². The fraction of sp³-hybridized carbons (Fsp3) is 0.286. The molecule has 1 aromatic carbocycles. The van der Waals surface area contributed by atoms with Crippen molar-refractivity contribution in [3.05, 3.63) is 36.5 Å². The standard InChI is InChI=1S/C14H13F3N2O2/c1-9(21-8-14(15,16)17)13(20)19-11-6-10-4-2-3-5-12(10)18-7-11/h2-7,9H,8H2,1H3,(H,19,20). The summed E-state index contributed by atoms with van der Waals surface area (Å²) in [4.78, 5) is 15.9. The third kappa shape index (κ3) is 4.42. The number of para-hydroxylation sites is 1. The smallest absolute Gasteiger partial charge is 0.359 e. The van der Waals surface area contributed by atoms with Crippen LogP contribution in [0.3, 0.4) is 0 Å². The average Bonchev–Trinajstić information content (AvgIpc) is 2.43. The van der Waals surface area contributed by atoms with Crippen LogP contribution in [0.4, 0.5) is 18.9 Å². The number of halogens is 3. The summed E-state index contributed by atoms with van der Waals surface area (Å²) in [6.45, 7) is -0.201. The molecule has 0 spiro atoms. The first-order chi connectivity index (χ1) is 9.85. The predicted octanol–water partition coefficient (Wildman–Crippen LogP) is 3.14. The Balaban J connectivity index is 2.00. The van der Waals surface area contributed by atoms with E-state index in [4.69, 9.17) is 0 Å². The Morgan fingerprint density at radius 3 is 2.81 bits per heavy atom. The van der Waals surface area contributed by atoms with Crippen LogP contribution in [0.2, 0.25) is 0 Å². The number of amides is 1. The molecule has 0 saturated heterocycles. The van der Waals surface area contributed by atoms with Gasteiger partial charge in [-0.1, -0.05) is 18.2 Å². The molecule has 4 nitrogen and oxygen atoms in total. The molecule has 0 saturated carbocycles. The van der Waals surface area contributed by atoms with Crippen molar-refractivity contribution in [3.63, 3.8) is 0 Å². The molecule has 112 valence electrons. The van der Waals surface area contributed by atoms with Gasteiger partial charge in [0.1, 0.15) is 12.7 Å². The molecule has 1 unspecified atom stereocenters. The summed E-state index contributed by atoms with van der Waals surface area (Å²) in [6, 6.07) is 8.99. The lowest BCUT2D eigenvalue weighted by Gasteiger charge is -2.14. The number of pyridine rings is 1. The van der Waals surface area contributed by atoms with Crippen molar-refractivity contribution < 1.29 is 22.7 Å². The first-order valence-electron chi connectivity index (χ1n) is 6.19. The first-order valence-corrected chi connectivity index (χ1v) is 6.19. The minimum atomic E-state index is -4.46. The van der Waals surface area contributed by atoms with E-state index in [0.29, 0.717) is 5.69 Å². The van der Waals surface area contributed by atoms with E-state index in [1.54, 1.807) is 6.07 Å². The van der Waals surface area contributed by atoms with Crippen molar-refractivity contribution in [2.24, 2.45) is 0 Å². The average molecular weight is 298 g/mol. The largest absolute Gasteiger partial charge is 0.411 e. The molecular weight excluding hydrogens is 285 g/mol. The van der Waals surface area contributed by atoms with E-state index in [-0.39, 0.29) is 0 Å². The minimum absolute atomic E-state index is 0.404. The quantitative estimate of drug-likeness (QED) is 0.943. The summed E-state index contributed by atoms with van der Waals surface area (Å²) in [5.41, 5.74) is 1.16. The van der Waals surface area contributed by atoms with Gasteiger partial charge in [0.15, 0.2) is 0 Å². The maximum absolute atomic E-state index is 12.0. The normalized spacial score (nSPS) is 13.1. The zero-order valence-electron chi connectivity index (χ0n) is 11.1. The highest BCUT2D eigenvalue weighted by molar-refractivity contribution is 5.95. The number of hydrogen-bond acceptors (Lipinski definition) is 3.